The molecule has 6 heteroatoms. The number of anilines is 1. The summed E-state index contributed by atoms with van der Waals surface area (Å²) in [5.41, 5.74) is 0. The lowest BCUT2D eigenvalue weighted by molar-refractivity contribution is 1.16. The third-order valence-corrected chi connectivity index (χ3v) is 4.04. The van der Waals surface area contributed by atoms with Gasteiger partial charge in [0.1, 0.15) is 5.82 Å². The Bertz CT molecular complexity index is 484. The number of hydrogen-bond donors (Lipinski definition) is 1. The molecule has 0 aliphatic heterocycles. The molecule has 0 unspecified atom stereocenters. The maximum atomic E-state index is 4.39. The highest BCUT2D eigenvalue weighted by atomic mass is 79.9. The Morgan fingerprint density at radius 1 is 1.40 bits per heavy atom. The minimum Gasteiger partial charge on any atom is -0.372 e. The first-order valence-electron chi connectivity index (χ1n) is 4.15. The molecule has 3 nitrogen and oxygen atoms in total. The van der Waals surface area contributed by atoms with Crippen LogP contribution in [0.2, 0.25) is 0 Å². The van der Waals surface area contributed by atoms with E-state index in [1.807, 2.05) is 18.5 Å². The molecule has 2 aromatic heterocycles. The second kappa shape index (κ2) is 4.59. The van der Waals surface area contributed by atoms with E-state index in [2.05, 4.69) is 47.1 Å². The lowest BCUT2D eigenvalue weighted by Crippen LogP contribution is -1.96. The van der Waals surface area contributed by atoms with E-state index in [0.29, 0.717) is 0 Å². The largest absolute Gasteiger partial charge is 0.372 e. The molecule has 0 amide bonds. The monoisotopic (exact) mass is 347 g/mol. The van der Waals surface area contributed by atoms with Crippen molar-refractivity contribution in [1.82, 2.24) is 9.97 Å². The van der Waals surface area contributed by atoms with Gasteiger partial charge >= 0.3 is 0 Å². The summed E-state index contributed by atoms with van der Waals surface area (Å²) in [6.07, 6.45) is 1.75. The summed E-state index contributed by atoms with van der Waals surface area (Å²) >= 11 is 8.40. The normalized spacial score (nSPS) is 10.3. The average molecular weight is 349 g/mol. The van der Waals surface area contributed by atoms with Crippen molar-refractivity contribution in [3.05, 3.63) is 26.6 Å². The number of rotatable bonds is 2. The molecular formula is C9H7Br2N3S. The first-order chi connectivity index (χ1) is 7.20. The van der Waals surface area contributed by atoms with Gasteiger partial charge in [0, 0.05) is 23.1 Å². The zero-order valence-corrected chi connectivity index (χ0v) is 11.8. The van der Waals surface area contributed by atoms with Crippen LogP contribution in [-0.4, -0.2) is 17.0 Å². The summed E-state index contributed by atoms with van der Waals surface area (Å²) in [6.45, 7) is 0. The van der Waals surface area contributed by atoms with Crippen molar-refractivity contribution in [1.29, 1.82) is 0 Å². The van der Waals surface area contributed by atoms with E-state index in [1.165, 1.54) is 0 Å². The smallest absolute Gasteiger partial charge is 0.171 e. The van der Waals surface area contributed by atoms with Crippen molar-refractivity contribution in [2.75, 3.05) is 12.4 Å². The van der Waals surface area contributed by atoms with Crippen LogP contribution >= 0.6 is 43.2 Å². The molecule has 0 aliphatic carbocycles. The molecule has 0 saturated heterocycles. The van der Waals surface area contributed by atoms with Crippen molar-refractivity contribution in [2.45, 2.75) is 0 Å². The molecule has 2 heterocycles. The van der Waals surface area contributed by atoms with Gasteiger partial charge < -0.3 is 5.32 Å². The van der Waals surface area contributed by atoms with Gasteiger partial charge in [0.15, 0.2) is 5.82 Å². The molecule has 0 aliphatic rings. The first-order valence-corrected chi connectivity index (χ1v) is 6.62. The van der Waals surface area contributed by atoms with E-state index in [0.717, 1.165) is 25.5 Å². The Balaban J connectivity index is 2.45. The summed E-state index contributed by atoms with van der Waals surface area (Å²) in [5, 5.41) is 5.02. The van der Waals surface area contributed by atoms with Crippen molar-refractivity contribution in [3.8, 4) is 10.7 Å². The molecule has 0 bridgehead atoms. The van der Waals surface area contributed by atoms with Gasteiger partial charge in [-0.2, -0.15) is 0 Å². The highest BCUT2D eigenvalue weighted by Crippen LogP contribution is 2.29. The Morgan fingerprint density at radius 2 is 2.20 bits per heavy atom. The van der Waals surface area contributed by atoms with Gasteiger partial charge in [-0.25, -0.2) is 9.97 Å². The van der Waals surface area contributed by atoms with E-state index in [4.69, 9.17) is 0 Å². The van der Waals surface area contributed by atoms with Crippen molar-refractivity contribution >= 4 is 49.0 Å². The fourth-order valence-corrected chi connectivity index (χ4v) is 2.85. The topological polar surface area (TPSA) is 37.8 Å². The highest BCUT2D eigenvalue weighted by molar-refractivity contribution is 9.10. The van der Waals surface area contributed by atoms with E-state index in [-0.39, 0.29) is 0 Å². The van der Waals surface area contributed by atoms with E-state index in [1.54, 1.807) is 17.5 Å². The number of nitrogens with zero attached hydrogens (tertiary/aromatic N) is 2. The van der Waals surface area contributed by atoms with Crippen LogP contribution in [0, 0.1) is 0 Å². The highest BCUT2D eigenvalue weighted by Gasteiger charge is 2.07. The maximum Gasteiger partial charge on any atom is 0.171 e. The van der Waals surface area contributed by atoms with Crippen LogP contribution < -0.4 is 5.32 Å². The Morgan fingerprint density at radius 3 is 2.80 bits per heavy atom. The van der Waals surface area contributed by atoms with Gasteiger partial charge in [-0.15, -0.1) is 11.3 Å². The minimum atomic E-state index is 0.734. The molecular weight excluding hydrogens is 342 g/mol. The van der Waals surface area contributed by atoms with Crippen LogP contribution in [-0.2, 0) is 0 Å². The number of aromatic nitrogens is 2. The lowest BCUT2D eigenvalue weighted by Gasteiger charge is -2.03. The standard InChI is InChI=1S/C9H7Br2N3S/c1-12-8-6(11)3-13-9(14-8)7-2-5(10)4-15-7/h2-4H,1H3,(H,12,13,14). The molecule has 0 fully saturated rings. The molecule has 0 radical (unpaired) electrons. The molecule has 0 spiro atoms. The van der Waals surface area contributed by atoms with Gasteiger partial charge in [0.2, 0.25) is 0 Å². The number of thiophene rings is 1. The summed E-state index contributed by atoms with van der Waals surface area (Å²) in [7, 11) is 1.83. The van der Waals surface area contributed by atoms with Gasteiger partial charge in [0.25, 0.3) is 0 Å². The molecule has 0 aromatic carbocycles. The fourth-order valence-electron chi connectivity index (χ4n) is 1.09. The maximum absolute atomic E-state index is 4.39. The zero-order valence-electron chi connectivity index (χ0n) is 7.79. The van der Waals surface area contributed by atoms with Gasteiger partial charge in [0.05, 0.1) is 9.35 Å². The van der Waals surface area contributed by atoms with E-state index in [9.17, 15) is 0 Å². The Hall–Kier alpha value is -0.460. The fraction of sp³-hybridized carbons (Fsp3) is 0.111. The second-order valence-electron chi connectivity index (χ2n) is 2.77. The third kappa shape index (κ3) is 2.38. The third-order valence-electron chi connectivity index (χ3n) is 1.77. The van der Waals surface area contributed by atoms with Crippen LogP contribution in [0.1, 0.15) is 0 Å². The summed E-state index contributed by atoms with van der Waals surface area (Å²) < 4.78 is 1.92. The van der Waals surface area contributed by atoms with Crippen LogP contribution in [0.25, 0.3) is 10.7 Å². The quantitative estimate of drug-likeness (QED) is 0.897. The summed E-state index contributed by atoms with van der Waals surface area (Å²) in [6, 6.07) is 2.01. The Labute approximate surface area is 108 Å². The van der Waals surface area contributed by atoms with Crippen molar-refractivity contribution < 1.29 is 0 Å². The number of halogens is 2. The van der Waals surface area contributed by atoms with E-state index < -0.39 is 0 Å². The predicted octanol–water partition coefficient (Wildman–Crippen LogP) is 3.77. The number of hydrogen-bond acceptors (Lipinski definition) is 4. The molecule has 15 heavy (non-hydrogen) atoms. The zero-order chi connectivity index (χ0) is 10.8. The summed E-state index contributed by atoms with van der Waals surface area (Å²) in [5.74, 6) is 1.53. The first kappa shape index (κ1) is 11.0. The molecule has 2 rings (SSSR count). The predicted molar refractivity (Wildman–Crippen MR) is 70.3 cm³/mol. The van der Waals surface area contributed by atoms with Crippen LogP contribution in [0.4, 0.5) is 5.82 Å². The van der Waals surface area contributed by atoms with Gasteiger partial charge in [-0.05, 0) is 37.9 Å². The van der Waals surface area contributed by atoms with E-state index >= 15 is 0 Å². The Kier molecular flexibility index (Phi) is 3.38. The second-order valence-corrected chi connectivity index (χ2v) is 5.45. The molecule has 0 saturated carbocycles. The molecule has 0 atom stereocenters. The lowest BCUT2D eigenvalue weighted by atomic mass is 10.4. The van der Waals surface area contributed by atoms with Crippen molar-refractivity contribution in [2.24, 2.45) is 0 Å². The molecule has 78 valence electrons. The minimum absolute atomic E-state index is 0.734. The van der Waals surface area contributed by atoms with Crippen LogP contribution in [0.3, 0.4) is 0 Å². The van der Waals surface area contributed by atoms with Crippen LogP contribution in [0.15, 0.2) is 26.6 Å². The van der Waals surface area contributed by atoms with Crippen molar-refractivity contribution in [3.63, 3.8) is 0 Å². The summed E-state index contributed by atoms with van der Waals surface area (Å²) in [4.78, 5) is 9.70. The van der Waals surface area contributed by atoms with Crippen LogP contribution in [0.5, 0.6) is 0 Å². The SMILES string of the molecule is CNc1nc(-c2cc(Br)cs2)ncc1Br. The molecule has 1 N–H and O–H groups in total. The number of nitrogens with one attached hydrogen (secondary N) is 1. The van der Waals surface area contributed by atoms with Gasteiger partial charge in [-0.1, -0.05) is 0 Å². The molecule has 2 aromatic rings. The van der Waals surface area contributed by atoms with Gasteiger partial charge in [-0.3, -0.25) is 0 Å². The average Bonchev–Trinajstić information content (AvgIpc) is 2.66.